The summed E-state index contributed by atoms with van der Waals surface area (Å²) in [5.41, 5.74) is 0. The standard InChI is InChI=1S/C8H14N2O7/c1-9-8(15)17-10-7-6(14)5(13)4(12)3(2-11)16-7/h3-6,11-14H,2H2,1H3,(H,9,15)/b10-7-/t3-,4-,5+,6-/m1/s1. The summed E-state index contributed by atoms with van der Waals surface area (Å²) < 4.78 is 4.86. The van der Waals surface area contributed by atoms with E-state index < -0.39 is 43.0 Å². The summed E-state index contributed by atoms with van der Waals surface area (Å²) in [6, 6.07) is 0. The number of carbonyl (C=O) groups is 1. The first-order valence-electron chi connectivity index (χ1n) is 4.79. The lowest BCUT2D eigenvalue weighted by Gasteiger charge is -2.34. The number of hydrogen-bond acceptors (Lipinski definition) is 8. The number of oxime groups is 1. The molecule has 17 heavy (non-hydrogen) atoms. The molecular weight excluding hydrogens is 236 g/mol. The number of aliphatic hydroxyl groups excluding tert-OH is 4. The van der Waals surface area contributed by atoms with Crippen LogP contribution in [-0.2, 0) is 9.57 Å². The van der Waals surface area contributed by atoms with Gasteiger partial charge in [0, 0.05) is 7.05 Å². The minimum atomic E-state index is -1.64. The average Bonchev–Trinajstić information content (AvgIpc) is 2.34. The van der Waals surface area contributed by atoms with Gasteiger partial charge in [-0.1, -0.05) is 0 Å². The Kier molecular flexibility index (Phi) is 4.63. The van der Waals surface area contributed by atoms with Crippen LogP contribution in [0.4, 0.5) is 4.79 Å². The van der Waals surface area contributed by atoms with Crippen LogP contribution < -0.4 is 5.32 Å². The summed E-state index contributed by atoms with van der Waals surface area (Å²) in [6.07, 6.45) is -6.74. The second kappa shape index (κ2) is 5.77. The van der Waals surface area contributed by atoms with Crippen molar-refractivity contribution in [3.05, 3.63) is 0 Å². The predicted octanol–water partition coefficient (Wildman–Crippen LogP) is -2.87. The molecule has 9 heteroatoms. The van der Waals surface area contributed by atoms with Crippen molar-refractivity contribution in [3.63, 3.8) is 0 Å². The second-order valence-corrected chi connectivity index (χ2v) is 3.32. The van der Waals surface area contributed by atoms with Crippen molar-refractivity contribution in [2.24, 2.45) is 5.16 Å². The molecule has 0 spiro atoms. The lowest BCUT2D eigenvalue weighted by molar-refractivity contribution is -0.130. The summed E-state index contributed by atoms with van der Waals surface area (Å²) in [5.74, 6) is -0.495. The Morgan fingerprint density at radius 3 is 2.65 bits per heavy atom. The van der Waals surface area contributed by atoms with Crippen molar-refractivity contribution >= 4 is 12.0 Å². The fraction of sp³-hybridized carbons (Fsp3) is 0.750. The number of carbonyl (C=O) groups excluding carboxylic acids is 1. The molecule has 0 aromatic rings. The molecule has 0 aliphatic carbocycles. The fourth-order valence-corrected chi connectivity index (χ4v) is 1.20. The van der Waals surface area contributed by atoms with E-state index in [1.54, 1.807) is 0 Å². The molecule has 98 valence electrons. The van der Waals surface area contributed by atoms with Crippen LogP contribution in [0.3, 0.4) is 0 Å². The highest BCUT2D eigenvalue weighted by Gasteiger charge is 2.42. The first-order valence-corrected chi connectivity index (χ1v) is 4.79. The summed E-state index contributed by atoms with van der Waals surface area (Å²) in [5, 5.41) is 42.4. The molecule has 1 aliphatic rings. The fourth-order valence-electron chi connectivity index (χ4n) is 1.20. The molecule has 9 nitrogen and oxygen atoms in total. The minimum Gasteiger partial charge on any atom is -0.468 e. The third-order valence-electron chi connectivity index (χ3n) is 2.18. The van der Waals surface area contributed by atoms with Crippen LogP contribution in [0.1, 0.15) is 0 Å². The van der Waals surface area contributed by atoms with E-state index in [9.17, 15) is 20.1 Å². The van der Waals surface area contributed by atoms with Gasteiger partial charge in [0.15, 0.2) is 12.2 Å². The zero-order valence-electron chi connectivity index (χ0n) is 8.98. The quantitative estimate of drug-likeness (QED) is 0.262. The topological polar surface area (TPSA) is 141 Å². The highest BCUT2D eigenvalue weighted by Crippen LogP contribution is 2.17. The van der Waals surface area contributed by atoms with Gasteiger partial charge in [-0.05, 0) is 5.16 Å². The zero-order valence-corrected chi connectivity index (χ0v) is 8.98. The largest absolute Gasteiger partial charge is 0.468 e. The molecule has 5 N–H and O–H groups in total. The van der Waals surface area contributed by atoms with Crippen LogP contribution in [0.2, 0.25) is 0 Å². The molecule has 0 aromatic heterocycles. The monoisotopic (exact) mass is 250 g/mol. The van der Waals surface area contributed by atoms with Crippen molar-refractivity contribution in [1.82, 2.24) is 5.32 Å². The molecule has 4 atom stereocenters. The Hall–Kier alpha value is -1.42. The Labute approximate surface area is 96.3 Å². The molecule has 0 saturated carbocycles. The normalized spacial score (nSPS) is 35.2. The van der Waals surface area contributed by atoms with Crippen LogP contribution in [0.5, 0.6) is 0 Å². The summed E-state index contributed by atoms with van der Waals surface area (Å²) in [7, 11) is 1.30. The van der Waals surface area contributed by atoms with Gasteiger partial charge in [0.1, 0.15) is 12.2 Å². The van der Waals surface area contributed by atoms with E-state index in [4.69, 9.17) is 9.84 Å². The number of nitrogens with one attached hydrogen (secondary N) is 1. The molecule has 1 saturated heterocycles. The van der Waals surface area contributed by atoms with Crippen LogP contribution >= 0.6 is 0 Å². The molecule has 0 aromatic carbocycles. The van der Waals surface area contributed by atoms with Gasteiger partial charge in [-0.2, -0.15) is 0 Å². The van der Waals surface area contributed by atoms with E-state index in [0.717, 1.165) is 0 Å². The highest BCUT2D eigenvalue weighted by atomic mass is 16.7. The van der Waals surface area contributed by atoms with E-state index in [0.29, 0.717) is 0 Å². The Balaban J connectivity index is 2.74. The maximum Gasteiger partial charge on any atom is 0.433 e. The van der Waals surface area contributed by atoms with Crippen LogP contribution in [0.15, 0.2) is 5.16 Å². The first-order chi connectivity index (χ1) is 8.01. The van der Waals surface area contributed by atoms with Gasteiger partial charge < -0.3 is 30.5 Å². The molecule has 1 amide bonds. The molecule has 1 rings (SSSR count). The molecular formula is C8H14N2O7. The van der Waals surface area contributed by atoms with E-state index in [-0.39, 0.29) is 0 Å². The highest BCUT2D eigenvalue weighted by molar-refractivity contribution is 5.82. The summed E-state index contributed by atoms with van der Waals surface area (Å²) in [6.45, 7) is -0.593. The third kappa shape index (κ3) is 3.03. The van der Waals surface area contributed by atoms with Crippen molar-refractivity contribution in [3.8, 4) is 0 Å². The van der Waals surface area contributed by atoms with Crippen molar-refractivity contribution in [2.75, 3.05) is 13.7 Å². The van der Waals surface area contributed by atoms with Crippen molar-refractivity contribution in [1.29, 1.82) is 0 Å². The van der Waals surface area contributed by atoms with Crippen LogP contribution in [0.25, 0.3) is 0 Å². The minimum absolute atomic E-state index is 0.495. The average molecular weight is 250 g/mol. The van der Waals surface area contributed by atoms with Crippen LogP contribution in [0, 0.1) is 0 Å². The molecule has 0 bridgehead atoms. The van der Waals surface area contributed by atoms with E-state index in [2.05, 4.69) is 15.3 Å². The van der Waals surface area contributed by atoms with Gasteiger partial charge >= 0.3 is 6.09 Å². The molecule has 0 radical (unpaired) electrons. The SMILES string of the molecule is CNC(=O)O/N=C1\O[C@H](CO)[C@@H](O)[C@H](O)[C@H]1O. The van der Waals surface area contributed by atoms with E-state index >= 15 is 0 Å². The Morgan fingerprint density at radius 2 is 2.12 bits per heavy atom. The van der Waals surface area contributed by atoms with Gasteiger partial charge in [-0.15, -0.1) is 0 Å². The molecule has 1 heterocycles. The number of rotatable bonds is 2. The third-order valence-corrected chi connectivity index (χ3v) is 2.18. The van der Waals surface area contributed by atoms with Gasteiger partial charge in [-0.3, -0.25) is 4.84 Å². The maximum absolute atomic E-state index is 10.7. The van der Waals surface area contributed by atoms with Gasteiger partial charge in [0.05, 0.1) is 6.61 Å². The smallest absolute Gasteiger partial charge is 0.433 e. The Morgan fingerprint density at radius 1 is 1.47 bits per heavy atom. The lowest BCUT2D eigenvalue weighted by atomic mass is 10.00. The summed E-state index contributed by atoms with van der Waals surface area (Å²) >= 11 is 0. The lowest BCUT2D eigenvalue weighted by Crippen LogP contribution is -2.56. The van der Waals surface area contributed by atoms with Gasteiger partial charge in [0.25, 0.3) is 5.90 Å². The zero-order chi connectivity index (χ0) is 13.0. The van der Waals surface area contributed by atoms with E-state index in [1.807, 2.05) is 0 Å². The molecule has 1 fully saturated rings. The summed E-state index contributed by atoms with van der Waals surface area (Å²) in [4.78, 5) is 15.0. The van der Waals surface area contributed by atoms with Gasteiger partial charge in [0.2, 0.25) is 0 Å². The molecule has 0 unspecified atom stereocenters. The van der Waals surface area contributed by atoms with Crippen molar-refractivity contribution in [2.45, 2.75) is 24.4 Å². The van der Waals surface area contributed by atoms with Crippen LogP contribution in [-0.4, -0.2) is 70.5 Å². The second-order valence-electron chi connectivity index (χ2n) is 3.32. The van der Waals surface area contributed by atoms with E-state index in [1.165, 1.54) is 7.05 Å². The number of aliphatic hydroxyl groups is 4. The van der Waals surface area contributed by atoms with Crippen molar-refractivity contribution < 1.29 is 34.8 Å². The predicted molar refractivity (Wildman–Crippen MR) is 53.0 cm³/mol. The molecule has 1 aliphatic heterocycles. The number of nitrogens with zero attached hydrogens (tertiary/aromatic N) is 1. The number of ether oxygens (including phenoxy) is 1. The number of hydrogen-bond donors (Lipinski definition) is 5. The number of amides is 1. The Bertz CT molecular complexity index is 306. The van der Waals surface area contributed by atoms with Gasteiger partial charge in [-0.25, -0.2) is 4.79 Å². The first kappa shape index (κ1) is 13.6. The maximum atomic E-state index is 10.7.